The lowest BCUT2D eigenvalue weighted by molar-refractivity contribution is -0.191. The van der Waals surface area contributed by atoms with Gasteiger partial charge in [-0.2, -0.15) is 9.59 Å². The fraction of sp³-hybridized carbons (Fsp3) is 0.900. The third-order valence-electron chi connectivity index (χ3n) is 12.5. The van der Waals surface area contributed by atoms with Crippen LogP contribution in [0.4, 0.5) is 0 Å². The molecule has 0 radical (unpaired) electrons. The van der Waals surface area contributed by atoms with Crippen molar-refractivity contribution in [3.63, 3.8) is 0 Å². The number of fused-ring (bicyclic) bond motifs is 2. The third kappa shape index (κ3) is 2.99. The molecule has 5 heteroatoms. The molecule has 0 aromatic heterocycles. The van der Waals surface area contributed by atoms with E-state index >= 15 is 0 Å². The van der Waals surface area contributed by atoms with E-state index in [0.29, 0.717) is 35.4 Å². The Kier molecular flexibility index (Phi) is 5.40. The van der Waals surface area contributed by atoms with Crippen molar-refractivity contribution < 1.29 is 23.8 Å². The molecule has 3 heterocycles. The first kappa shape index (κ1) is 24.3. The van der Waals surface area contributed by atoms with Gasteiger partial charge in [-0.1, -0.05) is 46.3 Å². The summed E-state index contributed by atoms with van der Waals surface area (Å²) in [6.45, 7) is 16.4. The standard InChI is InChI=1S/C29H44O3.CO2/c1-16(2)18(4)8-11-27(6)22-15-20-24-28(22,25(30-20)32-27)12-9-21-26(5)10-7-17(3)13-19(26)14-23-29(21,24)31-23;2-1-3/h16-17,19-25H,4,7-15H2,1-3,5-6H3;. The summed E-state index contributed by atoms with van der Waals surface area (Å²) in [4.78, 5) is 16.2. The lowest BCUT2D eigenvalue weighted by Crippen LogP contribution is -2.60. The molecule has 2 spiro atoms. The Morgan fingerprint density at radius 1 is 1.06 bits per heavy atom. The van der Waals surface area contributed by atoms with Crippen LogP contribution in [-0.2, 0) is 23.8 Å². The van der Waals surface area contributed by atoms with E-state index in [1.807, 2.05) is 0 Å². The van der Waals surface area contributed by atoms with Crippen LogP contribution in [0, 0.1) is 46.3 Å². The Labute approximate surface area is 210 Å². The van der Waals surface area contributed by atoms with Crippen molar-refractivity contribution >= 4 is 6.15 Å². The first-order valence-electron chi connectivity index (χ1n) is 14.2. The molecule has 3 aliphatic heterocycles. The normalized spacial score (nSPS) is 56.2. The van der Waals surface area contributed by atoms with Gasteiger partial charge in [-0.15, -0.1) is 0 Å². The molecule has 3 saturated heterocycles. The largest absolute Gasteiger partial charge is 0.373 e. The Balaban J connectivity index is 0.000000727. The number of hydrogen-bond acceptors (Lipinski definition) is 5. The second-order valence-electron chi connectivity index (χ2n) is 14.1. The molecule has 0 aromatic carbocycles. The maximum Gasteiger partial charge on any atom is 0.373 e. The summed E-state index contributed by atoms with van der Waals surface area (Å²) in [5.74, 6) is 4.25. The summed E-state index contributed by atoms with van der Waals surface area (Å²) in [7, 11) is 0. The molecule has 0 aromatic rings. The Morgan fingerprint density at radius 3 is 2.51 bits per heavy atom. The van der Waals surface area contributed by atoms with E-state index in [-0.39, 0.29) is 29.1 Å². The molecule has 194 valence electrons. The molecule has 4 aliphatic carbocycles. The maximum atomic E-state index is 8.12. The van der Waals surface area contributed by atoms with E-state index in [4.69, 9.17) is 23.8 Å². The Bertz CT molecular complexity index is 939. The van der Waals surface area contributed by atoms with Gasteiger partial charge in [-0.05, 0) is 87.4 Å². The zero-order valence-corrected chi connectivity index (χ0v) is 22.3. The summed E-state index contributed by atoms with van der Waals surface area (Å²) in [5, 5.41) is 0. The van der Waals surface area contributed by atoms with E-state index in [1.54, 1.807) is 0 Å². The SMILES string of the molecule is C=C(CCC1(C)OC2OC3CC1C21CCC2C4(C)CCC(C)CC4CC4OC42C31)C(C)C.O=C=O. The Morgan fingerprint density at radius 2 is 1.80 bits per heavy atom. The topological polar surface area (TPSA) is 65.1 Å². The van der Waals surface area contributed by atoms with Gasteiger partial charge in [0.15, 0.2) is 6.29 Å². The number of allylic oxidation sites excluding steroid dienone is 1. The molecule has 7 fully saturated rings. The zero-order chi connectivity index (χ0) is 25.0. The molecule has 7 rings (SSSR count). The molecule has 12 unspecified atom stereocenters. The van der Waals surface area contributed by atoms with Crippen molar-refractivity contribution in [2.24, 2.45) is 46.3 Å². The predicted octanol–water partition coefficient (Wildman–Crippen LogP) is 5.93. The van der Waals surface area contributed by atoms with Crippen LogP contribution < -0.4 is 0 Å². The van der Waals surface area contributed by atoms with Crippen LogP contribution in [0.1, 0.15) is 92.4 Å². The average Bonchev–Trinajstić information content (AvgIpc) is 3.21. The van der Waals surface area contributed by atoms with Crippen molar-refractivity contribution in [1.82, 2.24) is 0 Å². The van der Waals surface area contributed by atoms with E-state index in [1.165, 1.54) is 50.5 Å². The highest BCUT2D eigenvalue weighted by atomic mass is 16.7. The molecule has 0 amide bonds. The number of hydrogen-bond donors (Lipinski definition) is 0. The number of carbonyl (C=O) groups excluding carboxylic acids is 2. The summed E-state index contributed by atoms with van der Waals surface area (Å²) in [6.07, 6.45) is 12.6. The number of rotatable bonds is 4. The molecular formula is C30H44O5. The number of ether oxygens (including phenoxy) is 3. The monoisotopic (exact) mass is 484 g/mol. The smallest absolute Gasteiger partial charge is 0.365 e. The van der Waals surface area contributed by atoms with Crippen molar-refractivity contribution in [2.75, 3.05) is 0 Å². The summed E-state index contributed by atoms with van der Waals surface area (Å²) < 4.78 is 20.6. The van der Waals surface area contributed by atoms with E-state index in [2.05, 4.69) is 41.2 Å². The van der Waals surface area contributed by atoms with Gasteiger partial charge in [-0.25, -0.2) is 0 Å². The fourth-order valence-electron chi connectivity index (χ4n) is 10.7. The molecule has 5 nitrogen and oxygen atoms in total. The highest BCUT2D eigenvalue weighted by Crippen LogP contribution is 2.81. The van der Waals surface area contributed by atoms with Crippen molar-refractivity contribution in [1.29, 1.82) is 0 Å². The molecule has 12 atom stereocenters. The molecule has 0 N–H and O–H groups in total. The zero-order valence-electron chi connectivity index (χ0n) is 22.3. The first-order chi connectivity index (χ1) is 16.6. The lowest BCUT2D eigenvalue weighted by Gasteiger charge is -2.58. The van der Waals surface area contributed by atoms with E-state index in [0.717, 1.165) is 30.6 Å². The molecule has 4 saturated carbocycles. The van der Waals surface area contributed by atoms with Crippen LogP contribution in [0.15, 0.2) is 12.2 Å². The van der Waals surface area contributed by atoms with Crippen molar-refractivity contribution in [2.45, 2.75) is 122 Å². The highest BCUT2D eigenvalue weighted by Gasteiger charge is 2.87. The third-order valence-corrected chi connectivity index (χ3v) is 12.5. The fourth-order valence-corrected chi connectivity index (χ4v) is 10.7. The summed E-state index contributed by atoms with van der Waals surface area (Å²) in [5.41, 5.74) is 2.08. The highest BCUT2D eigenvalue weighted by molar-refractivity contribution is 5.33. The van der Waals surface area contributed by atoms with Gasteiger partial charge in [0, 0.05) is 17.3 Å². The molecular weight excluding hydrogens is 440 g/mol. The van der Waals surface area contributed by atoms with Gasteiger partial charge in [0.2, 0.25) is 0 Å². The van der Waals surface area contributed by atoms with Crippen LogP contribution in [0.2, 0.25) is 0 Å². The molecule has 2 bridgehead atoms. The van der Waals surface area contributed by atoms with E-state index in [9.17, 15) is 0 Å². The Hall–Kier alpha value is -1.00. The minimum atomic E-state index is -0.0682. The van der Waals surface area contributed by atoms with Crippen LogP contribution in [0.25, 0.3) is 0 Å². The van der Waals surface area contributed by atoms with Gasteiger partial charge in [-0.3, -0.25) is 0 Å². The minimum absolute atomic E-state index is 0.00523. The maximum absolute atomic E-state index is 8.12. The summed E-state index contributed by atoms with van der Waals surface area (Å²) in [6, 6.07) is 0. The minimum Gasteiger partial charge on any atom is -0.365 e. The second kappa shape index (κ2) is 7.76. The van der Waals surface area contributed by atoms with Gasteiger partial charge in [0.05, 0.1) is 17.8 Å². The molecule has 35 heavy (non-hydrogen) atoms. The van der Waals surface area contributed by atoms with Gasteiger partial charge in [0.1, 0.15) is 5.60 Å². The van der Waals surface area contributed by atoms with Crippen LogP contribution in [-0.4, -0.2) is 35.9 Å². The lowest BCUT2D eigenvalue weighted by atomic mass is 9.43. The average molecular weight is 485 g/mol. The predicted molar refractivity (Wildman–Crippen MR) is 130 cm³/mol. The van der Waals surface area contributed by atoms with Crippen LogP contribution in [0.5, 0.6) is 0 Å². The summed E-state index contributed by atoms with van der Waals surface area (Å²) >= 11 is 0. The van der Waals surface area contributed by atoms with Gasteiger partial charge >= 0.3 is 6.15 Å². The van der Waals surface area contributed by atoms with Gasteiger partial charge in [0.25, 0.3) is 0 Å². The van der Waals surface area contributed by atoms with Crippen LogP contribution >= 0.6 is 0 Å². The van der Waals surface area contributed by atoms with Gasteiger partial charge < -0.3 is 14.2 Å². The first-order valence-corrected chi connectivity index (χ1v) is 14.2. The van der Waals surface area contributed by atoms with Crippen molar-refractivity contribution in [3.05, 3.63) is 12.2 Å². The van der Waals surface area contributed by atoms with E-state index < -0.39 is 0 Å². The number of epoxide rings is 1. The van der Waals surface area contributed by atoms with Crippen molar-refractivity contribution in [3.8, 4) is 0 Å². The molecule has 7 aliphatic rings. The second-order valence-corrected chi connectivity index (χ2v) is 14.1. The van der Waals surface area contributed by atoms with Crippen LogP contribution in [0.3, 0.4) is 0 Å². The quantitative estimate of drug-likeness (QED) is 0.366.